The molecule has 0 spiro atoms. The normalized spacial score (nSPS) is 11.9. The molecule has 3 N–H and O–H groups in total. The van der Waals surface area contributed by atoms with E-state index in [0.29, 0.717) is 28.9 Å². The van der Waals surface area contributed by atoms with Gasteiger partial charge in [0, 0.05) is 25.0 Å². The molecule has 29 heavy (non-hydrogen) atoms. The van der Waals surface area contributed by atoms with Gasteiger partial charge in [0.05, 0.1) is 17.5 Å². The number of hydrogen-bond donors (Lipinski definition) is 2. The number of nitrogens with two attached hydrogens (primary N) is 1. The number of hydrogen-bond acceptors (Lipinski definition) is 4. The lowest BCUT2D eigenvalue weighted by atomic mass is 9.99. The lowest BCUT2D eigenvalue weighted by Crippen LogP contribution is -2.33. The maximum Gasteiger partial charge on any atom is 0.274 e. The minimum absolute atomic E-state index is 0. The summed E-state index contributed by atoms with van der Waals surface area (Å²) >= 11 is 0. The Balaban J connectivity index is 0.00000300. The average Bonchev–Trinajstić information content (AvgIpc) is 2.70. The minimum Gasteiger partial charge on any atom is -0.354 e. The van der Waals surface area contributed by atoms with E-state index in [2.05, 4.69) is 36.4 Å². The van der Waals surface area contributed by atoms with Crippen LogP contribution in [-0.2, 0) is 18.3 Å². The zero-order chi connectivity index (χ0) is 20.3. The van der Waals surface area contributed by atoms with Crippen molar-refractivity contribution in [1.82, 2.24) is 15.1 Å². The lowest BCUT2D eigenvalue weighted by Gasteiger charge is -2.15. The summed E-state index contributed by atoms with van der Waals surface area (Å²) in [6.45, 7) is 4.63. The fraction of sp³-hybridized carbons (Fsp3) is 0.318. The zero-order valence-electron chi connectivity index (χ0n) is 16.9. The van der Waals surface area contributed by atoms with Crippen molar-refractivity contribution in [3.8, 4) is 0 Å². The van der Waals surface area contributed by atoms with E-state index in [1.54, 1.807) is 19.2 Å². The molecule has 1 amide bonds. The Bertz CT molecular complexity index is 1040. The first kappa shape index (κ1) is 22.6. The molecule has 6 nitrogen and oxygen atoms in total. The van der Waals surface area contributed by atoms with Crippen LogP contribution in [0, 0.1) is 0 Å². The van der Waals surface area contributed by atoms with Crippen molar-refractivity contribution in [2.24, 2.45) is 12.8 Å². The third-order valence-corrected chi connectivity index (χ3v) is 4.91. The first-order valence-corrected chi connectivity index (χ1v) is 9.44. The maximum atomic E-state index is 12.4. The van der Waals surface area contributed by atoms with Crippen LogP contribution in [0.4, 0.5) is 0 Å². The Morgan fingerprint density at radius 3 is 2.28 bits per heavy atom. The number of nitrogens with zero attached hydrogens (tertiary/aromatic N) is 2. The van der Waals surface area contributed by atoms with Crippen LogP contribution in [0.25, 0.3) is 10.8 Å². The smallest absolute Gasteiger partial charge is 0.274 e. The Morgan fingerprint density at radius 1 is 1.07 bits per heavy atom. The standard InChI is InChI=1S/C22H26N4O2.ClH/c1-14(2)15-8-10-16(11-9-15)19(23)13-24-21(27)12-20-17-6-4-5-7-18(17)22(28)26(3)25-20;/h4-11,14,19H,12-13,23H2,1-3H3,(H,24,27);1H. The van der Waals surface area contributed by atoms with Gasteiger partial charge in [-0.25, -0.2) is 4.68 Å². The minimum atomic E-state index is -0.282. The number of aryl methyl sites for hydroxylation is 1. The van der Waals surface area contributed by atoms with Crippen LogP contribution in [0.5, 0.6) is 0 Å². The molecule has 1 heterocycles. The average molecular weight is 415 g/mol. The second kappa shape index (κ2) is 9.67. The van der Waals surface area contributed by atoms with Gasteiger partial charge in [0.25, 0.3) is 5.56 Å². The highest BCUT2D eigenvalue weighted by atomic mass is 35.5. The van der Waals surface area contributed by atoms with Crippen molar-refractivity contribution in [2.75, 3.05) is 6.54 Å². The van der Waals surface area contributed by atoms with E-state index in [9.17, 15) is 9.59 Å². The Hall–Kier alpha value is -2.70. The molecule has 2 aromatic carbocycles. The fourth-order valence-electron chi connectivity index (χ4n) is 3.19. The summed E-state index contributed by atoms with van der Waals surface area (Å²) < 4.78 is 1.27. The van der Waals surface area contributed by atoms with Crippen LogP contribution in [0.3, 0.4) is 0 Å². The molecule has 0 saturated heterocycles. The van der Waals surface area contributed by atoms with E-state index in [-0.39, 0.29) is 36.3 Å². The van der Waals surface area contributed by atoms with Gasteiger partial charge in [0.15, 0.2) is 0 Å². The first-order chi connectivity index (χ1) is 13.4. The summed E-state index contributed by atoms with van der Waals surface area (Å²) in [5.74, 6) is 0.291. The number of benzene rings is 2. The summed E-state index contributed by atoms with van der Waals surface area (Å²) in [6, 6.07) is 15.1. The summed E-state index contributed by atoms with van der Waals surface area (Å²) in [7, 11) is 1.59. The van der Waals surface area contributed by atoms with Crippen molar-refractivity contribution < 1.29 is 4.79 Å². The maximum absolute atomic E-state index is 12.4. The van der Waals surface area contributed by atoms with E-state index in [1.807, 2.05) is 24.3 Å². The third-order valence-electron chi connectivity index (χ3n) is 4.91. The molecule has 1 atom stereocenters. The molecule has 0 aliphatic rings. The highest BCUT2D eigenvalue weighted by molar-refractivity contribution is 5.88. The summed E-state index contributed by atoms with van der Waals surface area (Å²) in [6.07, 6.45) is 0.0909. The van der Waals surface area contributed by atoms with Crippen molar-refractivity contribution in [3.05, 3.63) is 75.7 Å². The number of nitrogens with one attached hydrogen (secondary N) is 1. The SMILES string of the molecule is CC(C)c1ccc(C(N)CNC(=O)Cc2nn(C)c(=O)c3ccccc23)cc1.Cl. The fourth-order valence-corrected chi connectivity index (χ4v) is 3.19. The quantitative estimate of drug-likeness (QED) is 0.649. The van der Waals surface area contributed by atoms with Crippen molar-refractivity contribution in [2.45, 2.75) is 32.2 Å². The molecule has 0 aliphatic heterocycles. The number of rotatable bonds is 6. The Labute approximate surface area is 176 Å². The molecule has 0 fully saturated rings. The molecule has 7 heteroatoms. The third kappa shape index (κ3) is 5.22. The van der Waals surface area contributed by atoms with Gasteiger partial charge in [-0.3, -0.25) is 9.59 Å². The molecule has 154 valence electrons. The number of carbonyl (C=O) groups excluding carboxylic acids is 1. The van der Waals surface area contributed by atoms with Crippen molar-refractivity contribution in [3.63, 3.8) is 0 Å². The Morgan fingerprint density at radius 2 is 1.66 bits per heavy atom. The predicted octanol–water partition coefficient (Wildman–Crippen LogP) is 2.84. The summed E-state index contributed by atoms with van der Waals surface area (Å²) in [4.78, 5) is 24.6. The molecule has 0 radical (unpaired) electrons. The molecule has 0 bridgehead atoms. The van der Waals surface area contributed by atoms with E-state index in [0.717, 1.165) is 5.56 Å². The number of aromatic nitrogens is 2. The van der Waals surface area contributed by atoms with Gasteiger partial charge in [0.2, 0.25) is 5.91 Å². The van der Waals surface area contributed by atoms with E-state index < -0.39 is 0 Å². The molecule has 3 aromatic rings. The second-order valence-corrected chi connectivity index (χ2v) is 7.33. The number of fused-ring (bicyclic) bond motifs is 1. The van der Waals surface area contributed by atoms with Crippen molar-refractivity contribution in [1.29, 1.82) is 0 Å². The largest absolute Gasteiger partial charge is 0.354 e. The van der Waals surface area contributed by atoms with Gasteiger partial charge in [0.1, 0.15) is 0 Å². The molecule has 0 aliphatic carbocycles. The van der Waals surface area contributed by atoms with E-state index in [4.69, 9.17) is 5.73 Å². The summed E-state index contributed by atoms with van der Waals surface area (Å²) in [5, 5.41) is 8.40. The van der Waals surface area contributed by atoms with Crippen molar-refractivity contribution >= 4 is 29.1 Å². The topological polar surface area (TPSA) is 90.0 Å². The zero-order valence-corrected chi connectivity index (χ0v) is 17.7. The lowest BCUT2D eigenvalue weighted by molar-refractivity contribution is -0.120. The van der Waals surface area contributed by atoms with Crippen LogP contribution < -0.4 is 16.6 Å². The van der Waals surface area contributed by atoms with Gasteiger partial charge >= 0.3 is 0 Å². The first-order valence-electron chi connectivity index (χ1n) is 9.44. The molecule has 3 rings (SSSR count). The molecule has 1 unspecified atom stereocenters. The van der Waals surface area contributed by atoms with Gasteiger partial charge < -0.3 is 11.1 Å². The molecule has 1 aromatic heterocycles. The molecular formula is C22H27ClN4O2. The van der Waals surface area contributed by atoms with Gasteiger partial charge in [-0.2, -0.15) is 5.10 Å². The predicted molar refractivity (Wildman–Crippen MR) is 118 cm³/mol. The van der Waals surface area contributed by atoms with E-state index >= 15 is 0 Å². The second-order valence-electron chi connectivity index (χ2n) is 7.33. The van der Waals surface area contributed by atoms with E-state index in [1.165, 1.54) is 10.2 Å². The van der Waals surface area contributed by atoms with Crippen LogP contribution in [0.2, 0.25) is 0 Å². The highest BCUT2D eigenvalue weighted by Gasteiger charge is 2.14. The van der Waals surface area contributed by atoms with Crippen LogP contribution in [0.15, 0.2) is 53.3 Å². The van der Waals surface area contributed by atoms with Crippen LogP contribution >= 0.6 is 12.4 Å². The molecular weight excluding hydrogens is 388 g/mol. The van der Waals surface area contributed by atoms with Crippen LogP contribution in [-0.4, -0.2) is 22.2 Å². The van der Waals surface area contributed by atoms with Gasteiger partial charge in [-0.15, -0.1) is 12.4 Å². The number of carbonyl (C=O) groups is 1. The van der Waals surface area contributed by atoms with Gasteiger partial charge in [-0.05, 0) is 23.1 Å². The summed E-state index contributed by atoms with van der Waals surface area (Å²) in [5.41, 5.74) is 8.86. The highest BCUT2D eigenvalue weighted by Crippen LogP contribution is 2.17. The number of amides is 1. The van der Waals surface area contributed by atoms with Gasteiger partial charge in [-0.1, -0.05) is 56.3 Å². The number of halogens is 1. The monoisotopic (exact) mass is 414 g/mol. The Kier molecular flexibility index (Phi) is 7.53. The molecule has 0 saturated carbocycles. The van der Waals surface area contributed by atoms with Crippen LogP contribution in [0.1, 0.15) is 42.6 Å².